The van der Waals surface area contributed by atoms with Gasteiger partial charge in [0.05, 0.1) is 39.6 Å². The highest BCUT2D eigenvalue weighted by Crippen LogP contribution is 2.06. The molecule has 0 saturated carbocycles. The van der Waals surface area contributed by atoms with Crippen LogP contribution >= 0.6 is 0 Å². The largest absolute Gasteiger partial charge is 0.442 e. The standard InChI is InChI=1S/C15H31N3O7/c1-15(2,3)25-14(20)18-24-12-13(19)17-5-7-22-9-11-23-10-8-21-6-4-16/h4-12,16H2,1-3H3,(H,17,19)(H,18,20). The zero-order valence-electron chi connectivity index (χ0n) is 15.3. The van der Waals surface area contributed by atoms with Gasteiger partial charge in [-0.1, -0.05) is 0 Å². The van der Waals surface area contributed by atoms with Crippen LogP contribution in [0.1, 0.15) is 20.8 Å². The molecule has 4 N–H and O–H groups in total. The maximum atomic E-state index is 11.4. The molecule has 0 aliphatic heterocycles. The smallest absolute Gasteiger partial charge is 0.431 e. The van der Waals surface area contributed by atoms with E-state index in [0.29, 0.717) is 52.7 Å². The zero-order chi connectivity index (χ0) is 19.0. The molecule has 0 bridgehead atoms. The number of amides is 2. The Bertz CT molecular complexity index is 362. The molecule has 0 radical (unpaired) electrons. The lowest BCUT2D eigenvalue weighted by molar-refractivity contribution is -0.128. The van der Waals surface area contributed by atoms with Crippen LogP contribution in [0, 0.1) is 0 Å². The minimum atomic E-state index is -0.753. The van der Waals surface area contributed by atoms with Crippen LogP contribution in [-0.4, -0.2) is 76.9 Å². The molecule has 25 heavy (non-hydrogen) atoms. The fourth-order valence-electron chi connectivity index (χ4n) is 1.40. The van der Waals surface area contributed by atoms with Crippen molar-refractivity contribution in [3.8, 4) is 0 Å². The van der Waals surface area contributed by atoms with Crippen LogP contribution < -0.4 is 16.5 Å². The van der Waals surface area contributed by atoms with Crippen molar-refractivity contribution in [1.29, 1.82) is 0 Å². The number of carbonyl (C=O) groups excluding carboxylic acids is 2. The molecule has 0 atom stereocenters. The topological polar surface area (TPSA) is 130 Å². The van der Waals surface area contributed by atoms with Gasteiger partial charge in [0.25, 0.3) is 0 Å². The SMILES string of the molecule is CC(C)(C)OC(=O)NOCC(=O)NCCOCCOCCOCCN. The van der Waals surface area contributed by atoms with Gasteiger partial charge in [-0.2, -0.15) is 5.48 Å². The average Bonchev–Trinajstić information content (AvgIpc) is 2.51. The highest BCUT2D eigenvalue weighted by Gasteiger charge is 2.16. The molecule has 0 aliphatic carbocycles. The third-order valence-electron chi connectivity index (χ3n) is 2.33. The van der Waals surface area contributed by atoms with Crippen molar-refractivity contribution in [2.45, 2.75) is 26.4 Å². The second-order valence-electron chi connectivity index (χ2n) is 5.87. The van der Waals surface area contributed by atoms with Crippen molar-refractivity contribution in [2.75, 3.05) is 59.3 Å². The summed E-state index contributed by atoms with van der Waals surface area (Å²) in [6, 6.07) is 0. The third-order valence-corrected chi connectivity index (χ3v) is 2.33. The van der Waals surface area contributed by atoms with Gasteiger partial charge in [-0.25, -0.2) is 4.79 Å². The molecule has 0 aromatic rings. The lowest BCUT2D eigenvalue weighted by Gasteiger charge is -2.19. The maximum Gasteiger partial charge on any atom is 0.431 e. The van der Waals surface area contributed by atoms with E-state index in [1.807, 2.05) is 5.48 Å². The Morgan fingerprint density at radius 1 is 0.920 bits per heavy atom. The summed E-state index contributed by atoms with van der Waals surface area (Å²) in [6.45, 7) is 8.41. The van der Waals surface area contributed by atoms with Crippen LogP contribution in [-0.2, 0) is 28.6 Å². The van der Waals surface area contributed by atoms with E-state index in [4.69, 9.17) is 29.5 Å². The number of ether oxygens (including phenoxy) is 4. The molecule has 0 heterocycles. The first-order valence-electron chi connectivity index (χ1n) is 8.16. The van der Waals surface area contributed by atoms with Crippen molar-refractivity contribution in [3.63, 3.8) is 0 Å². The Hall–Kier alpha value is -1.46. The molecule has 10 heteroatoms. The Morgan fingerprint density at radius 2 is 1.48 bits per heavy atom. The summed E-state index contributed by atoms with van der Waals surface area (Å²) in [5.74, 6) is -0.382. The number of nitrogens with two attached hydrogens (primary N) is 1. The molecule has 10 nitrogen and oxygen atoms in total. The summed E-state index contributed by atoms with van der Waals surface area (Å²) in [5, 5.41) is 2.58. The summed E-state index contributed by atoms with van der Waals surface area (Å²) < 4.78 is 20.6. The first-order valence-corrected chi connectivity index (χ1v) is 8.16. The monoisotopic (exact) mass is 365 g/mol. The van der Waals surface area contributed by atoms with Crippen molar-refractivity contribution >= 4 is 12.0 Å². The maximum absolute atomic E-state index is 11.4. The fraction of sp³-hybridized carbons (Fsp3) is 0.867. The molecule has 0 rings (SSSR count). The van der Waals surface area contributed by atoms with Crippen molar-refractivity contribution in [3.05, 3.63) is 0 Å². The van der Waals surface area contributed by atoms with Crippen LogP contribution in [0.4, 0.5) is 4.79 Å². The summed E-state index contributed by atoms with van der Waals surface area (Å²) >= 11 is 0. The normalized spacial score (nSPS) is 11.2. The van der Waals surface area contributed by atoms with E-state index in [-0.39, 0.29) is 12.5 Å². The van der Waals surface area contributed by atoms with Crippen LogP contribution in [0.5, 0.6) is 0 Å². The van der Waals surface area contributed by atoms with Crippen LogP contribution in [0.2, 0.25) is 0 Å². The summed E-state index contributed by atoms with van der Waals surface area (Å²) in [6.07, 6.45) is -0.753. The molecule has 0 aromatic heterocycles. The molecular weight excluding hydrogens is 334 g/mol. The van der Waals surface area contributed by atoms with Gasteiger partial charge >= 0.3 is 6.09 Å². The second kappa shape index (κ2) is 14.8. The zero-order valence-corrected chi connectivity index (χ0v) is 15.3. The number of hydroxylamine groups is 1. The first-order chi connectivity index (χ1) is 11.8. The average molecular weight is 365 g/mol. The van der Waals surface area contributed by atoms with Gasteiger partial charge in [0.2, 0.25) is 5.91 Å². The van der Waals surface area contributed by atoms with E-state index in [1.165, 1.54) is 0 Å². The number of carbonyl (C=O) groups is 2. The Morgan fingerprint density at radius 3 is 2.04 bits per heavy atom. The summed E-state index contributed by atoms with van der Waals surface area (Å²) in [7, 11) is 0. The lowest BCUT2D eigenvalue weighted by Crippen LogP contribution is -2.37. The van der Waals surface area contributed by atoms with Crippen molar-refractivity contribution < 1.29 is 33.4 Å². The fourth-order valence-corrected chi connectivity index (χ4v) is 1.40. The molecule has 0 spiro atoms. The van der Waals surface area contributed by atoms with Gasteiger partial charge in [-0.05, 0) is 20.8 Å². The van der Waals surface area contributed by atoms with Gasteiger partial charge in [0.1, 0.15) is 5.60 Å². The van der Waals surface area contributed by atoms with E-state index >= 15 is 0 Å². The van der Waals surface area contributed by atoms with E-state index < -0.39 is 11.7 Å². The van der Waals surface area contributed by atoms with Gasteiger partial charge in [0, 0.05) is 13.1 Å². The number of hydrogen-bond donors (Lipinski definition) is 3. The predicted octanol–water partition coefficient (Wildman–Crippen LogP) is -0.433. The molecular formula is C15H31N3O7. The van der Waals surface area contributed by atoms with Crippen molar-refractivity contribution in [1.82, 2.24) is 10.8 Å². The minimum absolute atomic E-state index is 0.314. The van der Waals surface area contributed by atoms with E-state index in [0.717, 1.165) is 0 Å². The highest BCUT2D eigenvalue weighted by atomic mass is 16.7. The second-order valence-corrected chi connectivity index (χ2v) is 5.87. The van der Waals surface area contributed by atoms with Crippen molar-refractivity contribution in [2.24, 2.45) is 5.73 Å². The van der Waals surface area contributed by atoms with Crippen LogP contribution in [0.3, 0.4) is 0 Å². The van der Waals surface area contributed by atoms with Gasteiger partial charge in [-0.3, -0.25) is 9.63 Å². The van der Waals surface area contributed by atoms with E-state index in [2.05, 4.69) is 5.32 Å². The molecule has 0 fully saturated rings. The lowest BCUT2D eigenvalue weighted by atomic mass is 10.2. The Kier molecular flexibility index (Phi) is 14.0. The van der Waals surface area contributed by atoms with Crippen LogP contribution in [0.25, 0.3) is 0 Å². The number of nitrogens with one attached hydrogen (secondary N) is 2. The van der Waals surface area contributed by atoms with Gasteiger partial charge < -0.3 is 30.0 Å². The molecule has 0 unspecified atom stereocenters. The molecule has 0 aromatic carbocycles. The minimum Gasteiger partial charge on any atom is -0.442 e. The van der Waals surface area contributed by atoms with Gasteiger partial charge in [0.15, 0.2) is 6.61 Å². The number of hydrogen-bond acceptors (Lipinski definition) is 8. The van der Waals surface area contributed by atoms with Crippen LogP contribution in [0.15, 0.2) is 0 Å². The first kappa shape index (κ1) is 23.5. The molecule has 0 aliphatic rings. The Balaban J connectivity index is 3.35. The van der Waals surface area contributed by atoms with E-state index in [1.54, 1.807) is 20.8 Å². The van der Waals surface area contributed by atoms with E-state index in [9.17, 15) is 9.59 Å². The Labute approximate surface area is 148 Å². The highest BCUT2D eigenvalue weighted by molar-refractivity contribution is 5.77. The summed E-state index contributed by atoms with van der Waals surface area (Å²) in [5.41, 5.74) is 6.67. The number of rotatable bonds is 14. The molecule has 148 valence electrons. The quantitative estimate of drug-likeness (QED) is 0.279. The van der Waals surface area contributed by atoms with Gasteiger partial charge in [-0.15, -0.1) is 0 Å². The predicted molar refractivity (Wildman–Crippen MR) is 89.8 cm³/mol. The third kappa shape index (κ3) is 18.7. The molecule has 2 amide bonds. The summed E-state index contributed by atoms with van der Waals surface area (Å²) in [4.78, 5) is 27.4. The molecule has 0 saturated heterocycles.